The Kier molecular flexibility index (Phi) is 4.41. The first-order chi connectivity index (χ1) is 11.6. The molecule has 5 nitrogen and oxygen atoms in total. The molecule has 0 aromatic heterocycles. The van der Waals surface area contributed by atoms with Crippen molar-refractivity contribution in [2.75, 3.05) is 44.7 Å². The van der Waals surface area contributed by atoms with E-state index in [4.69, 9.17) is 16.3 Å². The summed E-state index contributed by atoms with van der Waals surface area (Å²) in [6, 6.07) is 5.57. The van der Waals surface area contributed by atoms with Gasteiger partial charge in [0.15, 0.2) is 0 Å². The fraction of sp³-hybridized carbons (Fsp3) is 0.611. The molecule has 2 N–H and O–H groups in total. The number of halogens is 1. The van der Waals surface area contributed by atoms with Crippen LogP contribution in [-0.4, -0.2) is 56.2 Å². The summed E-state index contributed by atoms with van der Waals surface area (Å²) >= 11 is 6.03. The molecular formula is C18H24ClN3O2. The van der Waals surface area contributed by atoms with Gasteiger partial charge in [-0.05, 0) is 36.6 Å². The molecule has 1 saturated carbocycles. The number of amides is 1. The molecule has 1 aliphatic carbocycles. The lowest BCUT2D eigenvalue weighted by atomic mass is 10.1. The molecule has 130 valence electrons. The van der Waals surface area contributed by atoms with E-state index in [0.29, 0.717) is 6.42 Å². The molecule has 1 aromatic carbocycles. The highest BCUT2D eigenvalue weighted by Crippen LogP contribution is 2.45. The van der Waals surface area contributed by atoms with E-state index in [9.17, 15) is 4.79 Å². The molecule has 1 unspecified atom stereocenters. The number of anilines is 1. The lowest BCUT2D eigenvalue weighted by Crippen LogP contribution is -2.45. The predicted molar refractivity (Wildman–Crippen MR) is 94.5 cm³/mol. The number of hydrogen-bond acceptors (Lipinski definition) is 4. The number of carbonyl (C=O) groups excluding carboxylic acids is 1. The zero-order valence-corrected chi connectivity index (χ0v) is 14.6. The minimum Gasteiger partial charge on any atom is -0.379 e. The summed E-state index contributed by atoms with van der Waals surface area (Å²) in [5.74, 6) is 0.0931. The van der Waals surface area contributed by atoms with Crippen molar-refractivity contribution in [1.82, 2.24) is 10.2 Å². The van der Waals surface area contributed by atoms with Crippen LogP contribution in [-0.2, 0) is 16.0 Å². The van der Waals surface area contributed by atoms with Crippen LogP contribution in [0, 0.1) is 5.41 Å². The molecule has 0 radical (unpaired) electrons. The van der Waals surface area contributed by atoms with Gasteiger partial charge in [0.2, 0.25) is 5.91 Å². The van der Waals surface area contributed by atoms with Crippen molar-refractivity contribution in [2.45, 2.75) is 25.3 Å². The molecule has 24 heavy (non-hydrogen) atoms. The second kappa shape index (κ2) is 6.54. The summed E-state index contributed by atoms with van der Waals surface area (Å²) in [6.07, 6.45) is 3.12. The van der Waals surface area contributed by atoms with Crippen molar-refractivity contribution in [2.24, 2.45) is 5.41 Å². The quantitative estimate of drug-likeness (QED) is 0.852. The second-order valence-corrected chi connectivity index (χ2v) is 7.75. The van der Waals surface area contributed by atoms with Gasteiger partial charge in [0.1, 0.15) is 6.04 Å². The lowest BCUT2D eigenvalue weighted by Gasteiger charge is -2.30. The standard InChI is InChI=1S/C18H24ClN3O2/c19-14-1-2-15-13(9-14)10-16(21-15)17(23)20-11-18(3-4-18)12-22-5-7-24-8-6-22/h1-2,9,16,21H,3-8,10-12H2,(H,20,23). The molecular weight excluding hydrogens is 326 g/mol. The SMILES string of the molecule is O=C(NCC1(CN2CCOCC2)CC1)C1Cc2cc(Cl)ccc2N1. The number of fused-ring (bicyclic) bond motifs is 1. The van der Waals surface area contributed by atoms with Gasteiger partial charge in [-0.2, -0.15) is 0 Å². The van der Waals surface area contributed by atoms with Crippen LogP contribution in [0.4, 0.5) is 5.69 Å². The molecule has 2 fully saturated rings. The summed E-state index contributed by atoms with van der Waals surface area (Å²) in [5.41, 5.74) is 2.42. The fourth-order valence-corrected chi connectivity index (χ4v) is 3.88. The lowest BCUT2D eigenvalue weighted by molar-refractivity contribution is -0.122. The van der Waals surface area contributed by atoms with E-state index in [2.05, 4.69) is 15.5 Å². The first-order valence-corrected chi connectivity index (χ1v) is 9.14. The number of benzene rings is 1. The molecule has 3 aliphatic rings. The third-order valence-electron chi connectivity index (χ3n) is 5.39. The maximum Gasteiger partial charge on any atom is 0.242 e. The number of morpholine rings is 1. The molecule has 6 heteroatoms. The van der Waals surface area contributed by atoms with Gasteiger partial charge < -0.3 is 15.4 Å². The molecule has 2 heterocycles. The van der Waals surface area contributed by atoms with Gasteiger partial charge in [-0.1, -0.05) is 11.6 Å². The average Bonchev–Trinajstić information content (AvgIpc) is 3.21. The van der Waals surface area contributed by atoms with Crippen LogP contribution in [0.3, 0.4) is 0 Å². The molecule has 1 amide bonds. The largest absolute Gasteiger partial charge is 0.379 e. The van der Waals surface area contributed by atoms with E-state index < -0.39 is 0 Å². The summed E-state index contributed by atoms with van der Waals surface area (Å²) in [5, 5.41) is 7.20. The Morgan fingerprint density at radius 2 is 2.17 bits per heavy atom. The van der Waals surface area contributed by atoms with Gasteiger partial charge in [-0.3, -0.25) is 9.69 Å². The molecule has 2 aliphatic heterocycles. The van der Waals surface area contributed by atoms with Crippen LogP contribution in [0.1, 0.15) is 18.4 Å². The number of ether oxygens (including phenoxy) is 1. The van der Waals surface area contributed by atoms with Gasteiger partial charge in [0.05, 0.1) is 13.2 Å². The predicted octanol–water partition coefficient (Wildman–Crippen LogP) is 1.91. The van der Waals surface area contributed by atoms with Crippen molar-refractivity contribution in [3.63, 3.8) is 0 Å². The van der Waals surface area contributed by atoms with Crippen molar-refractivity contribution < 1.29 is 9.53 Å². The van der Waals surface area contributed by atoms with E-state index in [-0.39, 0.29) is 17.4 Å². The minimum absolute atomic E-state index is 0.0931. The van der Waals surface area contributed by atoms with Crippen molar-refractivity contribution in [3.8, 4) is 0 Å². The molecule has 1 aromatic rings. The second-order valence-electron chi connectivity index (χ2n) is 7.31. The van der Waals surface area contributed by atoms with Gasteiger partial charge in [-0.25, -0.2) is 0 Å². The van der Waals surface area contributed by atoms with Crippen LogP contribution in [0.25, 0.3) is 0 Å². The summed E-state index contributed by atoms with van der Waals surface area (Å²) in [4.78, 5) is 15.0. The van der Waals surface area contributed by atoms with Crippen molar-refractivity contribution >= 4 is 23.2 Å². The summed E-state index contributed by atoms with van der Waals surface area (Å²) in [6.45, 7) is 5.53. The zero-order valence-electron chi connectivity index (χ0n) is 13.8. The van der Waals surface area contributed by atoms with Crippen LogP contribution >= 0.6 is 11.6 Å². The molecule has 0 bridgehead atoms. The summed E-state index contributed by atoms with van der Waals surface area (Å²) < 4.78 is 5.41. The third-order valence-corrected chi connectivity index (χ3v) is 5.63. The molecule has 1 atom stereocenters. The number of rotatable bonds is 5. The van der Waals surface area contributed by atoms with E-state index in [0.717, 1.165) is 55.7 Å². The summed E-state index contributed by atoms with van der Waals surface area (Å²) in [7, 11) is 0. The Bertz CT molecular complexity index is 627. The fourth-order valence-electron chi connectivity index (χ4n) is 3.69. The Hall–Kier alpha value is -1.30. The zero-order chi connectivity index (χ0) is 16.6. The number of nitrogens with one attached hydrogen (secondary N) is 2. The van der Waals surface area contributed by atoms with Crippen LogP contribution in [0.2, 0.25) is 5.02 Å². The monoisotopic (exact) mass is 349 g/mol. The molecule has 1 saturated heterocycles. The van der Waals surface area contributed by atoms with Gasteiger partial charge in [0.25, 0.3) is 0 Å². The highest BCUT2D eigenvalue weighted by atomic mass is 35.5. The molecule has 0 spiro atoms. The van der Waals surface area contributed by atoms with E-state index in [1.54, 1.807) is 0 Å². The Labute approximate surface area is 147 Å². The maximum absolute atomic E-state index is 12.5. The molecule has 4 rings (SSSR count). The minimum atomic E-state index is -0.183. The maximum atomic E-state index is 12.5. The highest BCUT2D eigenvalue weighted by molar-refractivity contribution is 6.30. The van der Waals surface area contributed by atoms with Gasteiger partial charge >= 0.3 is 0 Å². The van der Waals surface area contributed by atoms with Gasteiger partial charge in [0, 0.05) is 48.7 Å². The Balaban J connectivity index is 1.28. The van der Waals surface area contributed by atoms with E-state index in [1.807, 2.05) is 18.2 Å². The first kappa shape index (κ1) is 16.2. The Morgan fingerprint density at radius 1 is 1.38 bits per heavy atom. The van der Waals surface area contributed by atoms with E-state index >= 15 is 0 Å². The van der Waals surface area contributed by atoms with Gasteiger partial charge in [-0.15, -0.1) is 0 Å². The smallest absolute Gasteiger partial charge is 0.242 e. The van der Waals surface area contributed by atoms with Crippen molar-refractivity contribution in [3.05, 3.63) is 28.8 Å². The number of carbonyl (C=O) groups is 1. The average molecular weight is 350 g/mol. The first-order valence-electron chi connectivity index (χ1n) is 8.76. The highest BCUT2D eigenvalue weighted by Gasteiger charge is 2.44. The van der Waals surface area contributed by atoms with Crippen LogP contribution in [0.15, 0.2) is 18.2 Å². The van der Waals surface area contributed by atoms with E-state index in [1.165, 1.54) is 12.8 Å². The third kappa shape index (κ3) is 3.53. The topological polar surface area (TPSA) is 53.6 Å². The van der Waals surface area contributed by atoms with Crippen molar-refractivity contribution in [1.29, 1.82) is 0 Å². The number of hydrogen-bond donors (Lipinski definition) is 2. The number of nitrogens with zero attached hydrogens (tertiary/aromatic N) is 1. The van der Waals surface area contributed by atoms with Crippen LogP contribution < -0.4 is 10.6 Å². The normalized spacial score (nSPS) is 25.0. The van der Waals surface area contributed by atoms with Crippen LogP contribution in [0.5, 0.6) is 0 Å². The Morgan fingerprint density at radius 3 is 2.92 bits per heavy atom.